The Labute approximate surface area is 104 Å². The van der Waals surface area contributed by atoms with Crippen molar-refractivity contribution in [3.05, 3.63) is 59.9 Å². The van der Waals surface area contributed by atoms with Crippen LogP contribution in [0, 0.1) is 0 Å². The van der Waals surface area contributed by atoms with E-state index < -0.39 is 0 Å². The maximum atomic E-state index is 4.08. The first-order valence-corrected chi connectivity index (χ1v) is 4.51. The van der Waals surface area contributed by atoms with Crippen molar-refractivity contribution < 1.29 is 17.1 Å². The molecule has 2 rings (SSSR count). The van der Waals surface area contributed by atoms with Gasteiger partial charge in [0, 0.05) is 6.20 Å². The zero-order valence-corrected chi connectivity index (χ0v) is 9.54. The molecule has 4 nitrogen and oxygen atoms in total. The van der Waals surface area contributed by atoms with Gasteiger partial charge in [0.2, 0.25) is 0 Å². The molecule has 0 aliphatic heterocycles. The van der Waals surface area contributed by atoms with E-state index in [-0.39, 0.29) is 17.1 Å². The van der Waals surface area contributed by atoms with E-state index in [9.17, 15) is 0 Å². The summed E-state index contributed by atoms with van der Waals surface area (Å²) < 4.78 is 0. The van der Waals surface area contributed by atoms with E-state index >= 15 is 0 Å². The van der Waals surface area contributed by atoms with Gasteiger partial charge in [-0.2, -0.15) is 0 Å². The normalized spacial score (nSPS) is 9.75. The summed E-state index contributed by atoms with van der Waals surface area (Å²) in [7, 11) is 0. The summed E-state index contributed by atoms with van der Waals surface area (Å²) in [6, 6.07) is 11.1. The molecule has 0 aliphatic carbocycles. The Morgan fingerprint density at radius 3 is 2.38 bits per heavy atom. The summed E-state index contributed by atoms with van der Waals surface area (Å²) in [6.07, 6.45) is 4.98. The van der Waals surface area contributed by atoms with Gasteiger partial charge in [0.25, 0.3) is 0 Å². The van der Waals surface area contributed by atoms with Gasteiger partial charge < -0.3 is 10.4 Å². The predicted octanol–water partition coefficient (Wildman–Crippen LogP) is 2.51. The quantitative estimate of drug-likeness (QED) is 0.478. The van der Waals surface area contributed by atoms with E-state index in [1.54, 1.807) is 24.7 Å². The minimum atomic E-state index is 0. The molecular formula is C11H9MnN4+. The monoisotopic (exact) mass is 252 g/mol. The van der Waals surface area contributed by atoms with Crippen LogP contribution in [0.4, 0.5) is 5.82 Å². The zero-order chi connectivity index (χ0) is 10.3. The van der Waals surface area contributed by atoms with Crippen molar-refractivity contribution in [3.8, 4) is 0 Å². The molecule has 0 aromatic carbocycles. The predicted molar refractivity (Wildman–Crippen MR) is 59.1 cm³/mol. The molecule has 0 atom stereocenters. The molecule has 0 bridgehead atoms. The first-order chi connectivity index (χ1) is 7.45. The molecule has 0 fully saturated rings. The van der Waals surface area contributed by atoms with Crippen LogP contribution in [0.25, 0.3) is 5.43 Å². The summed E-state index contributed by atoms with van der Waals surface area (Å²) in [5.74, 6) is 0.588. The fourth-order valence-electron chi connectivity index (χ4n) is 1.01. The van der Waals surface area contributed by atoms with Gasteiger partial charge in [-0.25, -0.2) is 0 Å². The SMILES string of the molecule is C(=N[N-]c1ccccn1)c1ccccn1.[Mn+2]. The van der Waals surface area contributed by atoms with E-state index in [1.165, 1.54) is 0 Å². The summed E-state index contributed by atoms with van der Waals surface area (Å²) in [5, 5.41) is 3.89. The van der Waals surface area contributed by atoms with Gasteiger partial charge in [0.15, 0.2) is 0 Å². The number of aromatic nitrogens is 2. The molecule has 1 radical (unpaired) electrons. The minimum absolute atomic E-state index is 0. The van der Waals surface area contributed by atoms with Gasteiger partial charge >= 0.3 is 17.1 Å². The Hall–Kier alpha value is -1.71. The third-order valence-electron chi connectivity index (χ3n) is 1.69. The van der Waals surface area contributed by atoms with Crippen molar-refractivity contribution in [2.45, 2.75) is 0 Å². The molecule has 2 aromatic heterocycles. The molecule has 0 unspecified atom stereocenters. The van der Waals surface area contributed by atoms with Crippen LogP contribution in [0.1, 0.15) is 5.69 Å². The van der Waals surface area contributed by atoms with E-state index in [0.29, 0.717) is 5.82 Å². The Balaban J connectivity index is 0.00000128. The van der Waals surface area contributed by atoms with Gasteiger partial charge in [-0.05, 0) is 18.0 Å². The fraction of sp³-hybridized carbons (Fsp3) is 0. The van der Waals surface area contributed by atoms with Crippen LogP contribution < -0.4 is 0 Å². The van der Waals surface area contributed by atoms with Gasteiger partial charge in [0.1, 0.15) is 0 Å². The van der Waals surface area contributed by atoms with Crippen LogP contribution in [0.5, 0.6) is 0 Å². The van der Waals surface area contributed by atoms with Crippen molar-refractivity contribution >= 4 is 12.0 Å². The van der Waals surface area contributed by atoms with Crippen LogP contribution in [-0.4, -0.2) is 16.2 Å². The summed E-state index contributed by atoms with van der Waals surface area (Å²) >= 11 is 0. The second-order valence-electron chi connectivity index (χ2n) is 2.79. The summed E-state index contributed by atoms with van der Waals surface area (Å²) in [6.45, 7) is 0. The maximum absolute atomic E-state index is 4.08. The van der Waals surface area contributed by atoms with Crippen molar-refractivity contribution in [1.29, 1.82) is 0 Å². The molecule has 2 heterocycles. The second kappa shape index (κ2) is 6.71. The number of pyridine rings is 2. The van der Waals surface area contributed by atoms with Crippen LogP contribution in [0.3, 0.4) is 0 Å². The van der Waals surface area contributed by atoms with Crippen molar-refractivity contribution in [1.82, 2.24) is 9.97 Å². The number of rotatable bonds is 3. The summed E-state index contributed by atoms with van der Waals surface area (Å²) in [5.41, 5.74) is 4.70. The largest absolute Gasteiger partial charge is 2.00 e. The van der Waals surface area contributed by atoms with Gasteiger partial charge in [-0.3, -0.25) is 10.1 Å². The van der Waals surface area contributed by atoms with E-state index in [1.807, 2.05) is 30.3 Å². The molecule has 0 amide bonds. The third kappa shape index (κ3) is 3.80. The number of hydrogen-bond acceptors (Lipinski definition) is 3. The molecule has 2 aromatic rings. The molecule has 5 heteroatoms. The minimum Gasteiger partial charge on any atom is -0.442 e. The van der Waals surface area contributed by atoms with Gasteiger partial charge in [0.05, 0.1) is 11.9 Å². The zero-order valence-electron chi connectivity index (χ0n) is 8.36. The van der Waals surface area contributed by atoms with Crippen LogP contribution in [-0.2, 0) is 17.1 Å². The summed E-state index contributed by atoms with van der Waals surface area (Å²) in [4.78, 5) is 8.09. The first-order valence-electron chi connectivity index (χ1n) is 4.51. The molecular weight excluding hydrogens is 243 g/mol. The standard InChI is InChI=1S/C11H9N4.Mn/c1-3-7-12-10(5-1)9-14-15-11-6-2-4-8-13-11;/h1-9H;/q-1;+2. The second-order valence-corrected chi connectivity index (χ2v) is 2.79. The third-order valence-corrected chi connectivity index (χ3v) is 1.69. The van der Waals surface area contributed by atoms with Crippen molar-refractivity contribution in [3.63, 3.8) is 0 Å². The van der Waals surface area contributed by atoms with E-state index in [0.717, 1.165) is 5.69 Å². The Morgan fingerprint density at radius 1 is 1.00 bits per heavy atom. The first kappa shape index (κ1) is 12.4. The molecule has 79 valence electrons. The van der Waals surface area contributed by atoms with Gasteiger partial charge in [-0.1, -0.05) is 30.5 Å². The molecule has 0 N–H and O–H groups in total. The smallest absolute Gasteiger partial charge is 0.442 e. The fourth-order valence-corrected chi connectivity index (χ4v) is 1.01. The van der Waals surface area contributed by atoms with Crippen molar-refractivity contribution in [2.75, 3.05) is 0 Å². The molecule has 16 heavy (non-hydrogen) atoms. The molecule has 0 saturated heterocycles. The van der Waals surface area contributed by atoms with Crippen LogP contribution in [0.15, 0.2) is 53.9 Å². The maximum Gasteiger partial charge on any atom is 2.00 e. The van der Waals surface area contributed by atoms with E-state index in [2.05, 4.69) is 20.5 Å². The Kier molecular flexibility index (Phi) is 5.19. The molecule has 0 aliphatic rings. The Morgan fingerprint density at radius 2 is 1.75 bits per heavy atom. The topological polar surface area (TPSA) is 52.2 Å². The van der Waals surface area contributed by atoms with Gasteiger partial charge in [-0.15, -0.1) is 0 Å². The average molecular weight is 252 g/mol. The van der Waals surface area contributed by atoms with Crippen molar-refractivity contribution in [2.24, 2.45) is 5.10 Å². The van der Waals surface area contributed by atoms with Crippen LogP contribution >= 0.6 is 0 Å². The molecule has 0 saturated carbocycles. The van der Waals surface area contributed by atoms with E-state index in [4.69, 9.17) is 0 Å². The Bertz CT molecular complexity index is 430. The molecule has 0 spiro atoms. The number of nitrogens with zero attached hydrogens (tertiary/aromatic N) is 4. The number of hydrogen-bond donors (Lipinski definition) is 0. The average Bonchev–Trinajstić information content (AvgIpc) is 2.32. The van der Waals surface area contributed by atoms with Crippen LogP contribution in [0.2, 0.25) is 0 Å².